The summed E-state index contributed by atoms with van der Waals surface area (Å²) in [5, 5.41) is 2.91. The lowest BCUT2D eigenvalue weighted by atomic mass is 10.1. The molecule has 3 aromatic rings. The van der Waals surface area contributed by atoms with Gasteiger partial charge in [0.1, 0.15) is 11.9 Å². The first-order valence-corrected chi connectivity index (χ1v) is 10.4. The molecule has 0 heterocycles. The molecule has 0 aliphatic carbocycles. The van der Waals surface area contributed by atoms with Crippen molar-refractivity contribution in [2.24, 2.45) is 0 Å². The van der Waals surface area contributed by atoms with Crippen LogP contribution in [0.15, 0.2) is 84.9 Å². The predicted octanol–water partition coefficient (Wildman–Crippen LogP) is 4.49. The zero-order chi connectivity index (χ0) is 22.1. The molecule has 1 N–H and O–H groups in total. The molecule has 0 aromatic heterocycles. The average Bonchev–Trinajstić information content (AvgIpc) is 2.81. The Balaban J connectivity index is 1.69. The van der Waals surface area contributed by atoms with E-state index in [0.717, 1.165) is 16.7 Å². The number of hydrogen-bond donors (Lipinski definition) is 1. The van der Waals surface area contributed by atoms with Gasteiger partial charge in [-0.25, -0.2) is 4.39 Å². The fraction of sp³-hybridized carbons (Fsp3) is 0.231. The molecule has 0 aliphatic heterocycles. The highest BCUT2D eigenvalue weighted by Crippen LogP contribution is 2.14. The minimum Gasteiger partial charge on any atom is -0.350 e. The number of nitrogens with zero attached hydrogens (tertiary/aromatic N) is 1. The van der Waals surface area contributed by atoms with E-state index in [0.29, 0.717) is 19.4 Å². The lowest BCUT2D eigenvalue weighted by Gasteiger charge is -2.29. The molecule has 3 rings (SSSR count). The number of carbonyl (C=O) groups is 2. The van der Waals surface area contributed by atoms with Crippen molar-refractivity contribution in [1.29, 1.82) is 0 Å². The Bertz CT molecular complexity index is 975. The van der Waals surface area contributed by atoms with E-state index in [1.807, 2.05) is 60.7 Å². The van der Waals surface area contributed by atoms with E-state index in [1.165, 1.54) is 12.1 Å². The van der Waals surface area contributed by atoms with E-state index in [1.54, 1.807) is 24.0 Å². The van der Waals surface area contributed by atoms with Crippen LogP contribution < -0.4 is 5.32 Å². The largest absolute Gasteiger partial charge is 0.350 e. The number of rotatable bonds is 9. The van der Waals surface area contributed by atoms with Gasteiger partial charge in [-0.1, -0.05) is 72.8 Å². The topological polar surface area (TPSA) is 49.4 Å². The molecule has 0 fully saturated rings. The van der Waals surface area contributed by atoms with Crippen molar-refractivity contribution in [1.82, 2.24) is 10.2 Å². The Morgan fingerprint density at radius 2 is 1.42 bits per heavy atom. The van der Waals surface area contributed by atoms with E-state index in [4.69, 9.17) is 0 Å². The van der Waals surface area contributed by atoms with Crippen molar-refractivity contribution in [3.05, 3.63) is 107 Å². The SMILES string of the molecule is CC(C(=O)NCc1ccccc1)N(Cc1ccc(F)cc1)C(=O)CCc1ccccc1. The summed E-state index contributed by atoms with van der Waals surface area (Å²) in [6.45, 7) is 2.37. The molecule has 5 heteroatoms. The van der Waals surface area contributed by atoms with Crippen molar-refractivity contribution >= 4 is 11.8 Å². The molecule has 0 radical (unpaired) electrons. The van der Waals surface area contributed by atoms with E-state index in [9.17, 15) is 14.0 Å². The van der Waals surface area contributed by atoms with Crippen molar-refractivity contribution < 1.29 is 14.0 Å². The van der Waals surface area contributed by atoms with Crippen LogP contribution in [-0.4, -0.2) is 22.8 Å². The highest BCUT2D eigenvalue weighted by Gasteiger charge is 2.25. The molecule has 0 bridgehead atoms. The minimum atomic E-state index is -0.656. The van der Waals surface area contributed by atoms with Gasteiger partial charge in [-0.15, -0.1) is 0 Å². The number of hydrogen-bond acceptors (Lipinski definition) is 2. The number of aryl methyl sites for hydroxylation is 1. The molecule has 0 spiro atoms. The van der Waals surface area contributed by atoms with Crippen LogP contribution in [0.25, 0.3) is 0 Å². The normalized spacial score (nSPS) is 11.5. The summed E-state index contributed by atoms with van der Waals surface area (Å²) in [5.74, 6) is -0.672. The summed E-state index contributed by atoms with van der Waals surface area (Å²) in [6, 6.07) is 24.8. The lowest BCUT2D eigenvalue weighted by Crippen LogP contribution is -2.47. The van der Waals surface area contributed by atoms with Gasteiger partial charge in [0, 0.05) is 19.5 Å². The quantitative estimate of drug-likeness (QED) is 0.557. The molecular weight excluding hydrogens is 391 g/mol. The maximum Gasteiger partial charge on any atom is 0.242 e. The molecule has 1 unspecified atom stereocenters. The third-order valence-electron chi connectivity index (χ3n) is 5.21. The van der Waals surface area contributed by atoms with E-state index >= 15 is 0 Å². The Labute approximate surface area is 182 Å². The van der Waals surface area contributed by atoms with Crippen LogP contribution >= 0.6 is 0 Å². The molecule has 3 aromatic carbocycles. The number of benzene rings is 3. The smallest absolute Gasteiger partial charge is 0.242 e. The fourth-order valence-electron chi connectivity index (χ4n) is 3.34. The highest BCUT2D eigenvalue weighted by atomic mass is 19.1. The zero-order valence-corrected chi connectivity index (χ0v) is 17.6. The Morgan fingerprint density at radius 1 is 0.839 bits per heavy atom. The summed E-state index contributed by atoms with van der Waals surface area (Å²) in [5.41, 5.74) is 2.83. The minimum absolute atomic E-state index is 0.115. The van der Waals surface area contributed by atoms with Gasteiger partial charge in [0.25, 0.3) is 0 Å². The summed E-state index contributed by atoms with van der Waals surface area (Å²) < 4.78 is 13.3. The Morgan fingerprint density at radius 3 is 2.03 bits per heavy atom. The molecule has 1 atom stereocenters. The van der Waals surface area contributed by atoms with Crippen LogP contribution in [0.1, 0.15) is 30.0 Å². The number of carbonyl (C=O) groups excluding carboxylic acids is 2. The first kappa shape index (κ1) is 22.2. The number of amides is 2. The number of nitrogens with one attached hydrogen (secondary N) is 1. The second kappa shape index (κ2) is 11.1. The maximum absolute atomic E-state index is 13.3. The van der Waals surface area contributed by atoms with Crippen LogP contribution in [0.5, 0.6) is 0 Å². The molecule has 4 nitrogen and oxygen atoms in total. The molecule has 160 valence electrons. The first-order valence-electron chi connectivity index (χ1n) is 10.4. The fourth-order valence-corrected chi connectivity index (χ4v) is 3.34. The molecular formula is C26H27FN2O2. The van der Waals surface area contributed by atoms with Gasteiger partial charge in [-0.3, -0.25) is 9.59 Å². The summed E-state index contributed by atoms with van der Waals surface area (Å²) >= 11 is 0. The van der Waals surface area contributed by atoms with Crippen LogP contribution in [-0.2, 0) is 29.1 Å². The molecule has 31 heavy (non-hydrogen) atoms. The Kier molecular flexibility index (Phi) is 7.93. The summed E-state index contributed by atoms with van der Waals surface area (Å²) in [7, 11) is 0. The van der Waals surface area contributed by atoms with Crippen LogP contribution in [0.4, 0.5) is 4.39 Å². The number of halogens is 1. The maximum atomic E-state index is 13.3. The van der Waals surface area contributed by atoms with E-state index in [-0.39, 0.29) is 24.2 Å². The van der Waals surface area contributed by atoms with Crippen molar-refractivity contribution in [3.8, 4) is 0 Å². The first-order chi connectivity index (χ1) is 15.0. The van der Waals surface area contributed by atoms with Crippen molar-refractivity contribution in [2.45, 2.75) is 38.9 Å². The third kappa shape index (κ3) is 6.78. The molecule has 0 saturated heterocycles. The Hall–Kier alpha value is -3.47. The molecule has 0 aliphatic rings. The van der Waals surface area contributed by atoms with E-state index in [2.05, 4.69) is 5.32 Å². The summed E-state index contributed by atoms with van der Waals surface area (Å²) in [6.07, 6.45) is 0.888. The van der Waals surface area contributed by atoms with Gasteiger partial charge in [-0.05, 0) is 42.2 Å². The molecule has 0 saturated carbocycles. The van der Waals surface area contributed by atoms with Crippen LogP contribution in [0.3, 0.4) is 0 Å². The summed E-state index contributed by atoms with van der Waals surface area (Å²) in [4.78, 5) is 27.5. The standard InChI is InChI=1S/C26H27FN2O2/c1-20(26(31)28-18-22-10-6-3-7-11-22)29(19-23-12-15-24(27)16-13-23)25(30)17-14-21-8-4-2-5-9-21/h2-13,15-16,20H,14,17-19H2,1H3,(H,28,31). The van der Waals surface area contributed by atoms with Gasteiger partial charge in [0.15, 0.2) is 0 Å². The second-order valence-electron chi connectivity index (χ2n) is 7.51. The van der Waals surface area contributed by atoms with Gasteiger partial charge < -0.3 is 10.2 Å². The highest BCUT2D eigenvalue weighted by molar-refractivity contribution is 5.87. The second-order valence-corrected chi connectivity index (χ2v) is 7.51. The third-order valence-corrected chi connectivity index (χ3v) is 5.21. The monoisotopic (exact) mass is 418 g/mol. The van der Waals surface area contributed by atoms with Gasteiger partial charge in [0.2, 0.25) is 11.8 Å². The van der Waals surface area contributed by atoms with Gasteiger partial charge >= 0.3 is 0 Å². The predicted molar refractivity (Wildman–Crippen MR) is 119 cm³/mol. The molecule has 2 amide bonds. The van der Waals surface area contributed by atoms with Gasteiger partial charge in [-0.2, -0.15) is 0 Å². The van der Waals surface area contributed by atoms with Crippen molar-refractivity contribution in [2.75, 3.05) is 0 Å². The zero-order valence-electron chi connectivity index (χ0n) is 17.6. The lowest BCUT2D eigenvalue weighted by molar-refractivity contribution is -0.140. The van der Waals surface area contributed by atoms with Gasteiger partial charge in [0.05, 0.1) is 0 Å². The van der Waals surface area contributed by atoms with Crippen LogP contribution in [0.2, 0.25) is 0 Å². The van der Waals surface area contributed by atoms with E-state index < -0.39 is 6.04 Å². The van der Waals surface area contributed by atoms with Crippen molar-refractivity contribution in [3.63, 3.8) is 0 Å². The van der Waals surface area contributed by atoms with Crippen LogP contribution in [0, 0.1) is 5.82 Å². The average molecular weight is 419 g/mol.